The second-order valence-corrected chi connectivity index (χ2v) is 6.90. The lowest BCUT2D eigenvalue weighted by Gasteiger charge is -2.11. The number of rotatable bonds is 5. The van der Waals surface area contributed by atoms with Gasteiger partial charge in [-0.15, -0.1) is 22.0 Å². The van der Waals surface area contributed by atoms with Crippen LogP contribution in [0.2, 0.25) is 0 Å². The number of hydrogen-bond donors (Lipinski definition) is 0. The molecule has 4 aromatic rings. The first kappa shape index (κ1) is 16.5. The van der Waals surface area contributed by atoms with Gasteiger partial charge in [-0.25, -0.2) is 4.68 Å². The van der Waals surface area contributed by atoms with Crippen LogP contribution in [0.4, 0.5) is 0 Å². The Balaban J connectivity index is 1.77. The molecule has 4 rings (SSSR count). The van der Waals surface area contributed by atoms with Gasteiger partial charge in [0.2, 0.25) is 5.82 Å². The Hall–Kier alpha value is -2.93. The molecule has 0 atom stereocenters. The summed E-state index contributed by atoms with van der Waals surface area (Å²) in [6, 6.07) is 18.6. The summed E-state index contributed by atoms with van der Waals surface area (Å²) in [4.78, 5) is 1.46. The lowest BCUT2D eigenvalue weighted by atomic mass is 10.2. The first-order chi connectivity index (χ1) is 12.7. The minimum atomic E-state index is 0.586. The minimum absolute atomic E-state index is 0.586. The molecular formula is C19H18N6S. The van der Waals surface area contributed by atoms with Gasteiger partial charge < -0.3 is 0 Å². The first-order valence-electron chi connectivity index (χ1n) is 8.27. The molecule has 0 saturated carbocycles. The number of nitrogens with zero attached hydrogens (tertiary/aromatic N) is 6. The maximum absolute atomic E-state index is 4.62. The second-order valence-electron chi connectivity index (χ2n) is 5.94. The molecule has 26 heavy (non-hydrogen) atoms. The van der Waals surface area contributed by atoms with Gasteiger partial charge in [0.15, 0.2) is 0 Å². The van der Waals surface area contributed by atoms with E-state index in [1.165, 1.54) is 10.4 Å². The highest BCUT2D eigenvalue weighted by Crippen LogP contribution is 2.34. The van der Waals surface area contributed by atoms with E-state index >= 15 is 0 Å². The zero-order chi connectivity index (χ0) is 17.9. The molecule has 0 saturated heterocycles. The molecule has 0 radical (unpaired) electrons. The van der Waals surface area contributed by atoms with Crippen molar-refractivity contribution in [1.82, 2.24) is 30.0 Å². The van der Waals surface area contributed by atoms with Gasteiger partial charge >= 0.3 is 0 Å². The number of para-hydroxylation sites is 1. The van der Waals surface area contributed by atoms with Crippen molar-refractivity contribution in [3.63, 3.8) is 0 Å². The van der Waals surface area contributed by atoms with Crippen molar-refractivity contribution in [1.29, 1.82) is 0 Å². The molecule has 0 unspecified atom stereocenters. The largest absolute Gasteiger partial charge is 0.226 e. The third-order valence-electron chi connectivity index (χ3n) is 4.04. The van der Waals surface area contributed by atoms with E-state index in [4.69, 9.17) is 0 Å². The number of aryl methyl sites for hydroxylation is 2. The van der Waals surface area contributed by atoms with Crippen molar-refractivity contribution in [2.45, 2.75) is 17.7 Å². The fourth-order valence-corrected chi connectivity index (χ4v) is 3.78. The Morgan fingerprint density at radius 1 is 1.00 bits per heavy atom. The van der Waals surface area contributed by atoms with Crippen LogP contribution < -0.4 is 0 Å². The van der Waals surface area contributed by atoms with E-state index in [0.29, 0.717) is 5.82 Å². The highest BCUT2D eigenvalue weighted by molar-refractivity contribution is 7.98. The van der Waals surface area contributed by atoms with E-state index in [1.54, 1.807) is 18.8 Å². The molecule has 0 spiro atoms. The summed E-state index contributed by atoms with van der Waals surface area (Å²) >= 11 is 1.72. The van der Waals surface area contributed by atoms with Gasteiger partial charge in [-0.1, -0.05) is 48.5 Å². The molecule has 6 nitrogen and oxygen atoms in total. The second kappa shape index (κ2) is 7.13. The number of hydrogen-bond acceptors (Lipinski definition) is 5. The zero-order valence-electron chi connectivity index (χ0n) is 14.6. The number of tetrazole rings is 1. The highest BCUT2D eigenvalue weighted by atomic mass is 32.2. The number of aromatic nitrogens is 6. The Kier molecular flexibility index (Phi) is 4.53. The van der Waals surface area contributed by atoms with Crippen molar-refractivity contribution < 1.29 is 0 Å². The summed E-state index contributed by atoms with van der Waals surface area (Å²) < 4.78 is 1.97. The summed E-state index contributed by atoms with van der Waals surface area (Å²) in [5.74, 6) is 1.42. The topological polar surface area (TPSA) is 61.4 Å². The Morgan fingerprint density at radius 2 is 1.77 bits per heavy atom. The van der Waals surface area contributed by atoms with Crippen molar-refractivity contribution >= 4 is 11.8 Å². The normalized spacial score (nSPS) is 11.0. The number of benzene rings is 2. The predicted octanol–water partition coefficient (Wildman–Crippen LogP) is 3.66. The van der Waals surface area contributed by atoms with Crippen LogP contribution in [0.15, 0.2) is 65.8 Å². The molecule has 0 fully saturated rings. The zero-order valence-corrected chi connectivity index (χ0v) is 15.4. The Bertz CT molecular complexity index is 1020. The van der Waals surface area contributed by atoms with Crippen molar-refractivity contribution in [2.75, 3.05) is 0 Å². The van der Waals surface area contributed by atoms with Crippen LogP contribution in [0.1, 0.15) is 11.1 Å². The van der Waals surface area contributed by atoms with Crippen LogP contribution in [-0.2, 0) is 12.8 Å². The fourth-order valence-electron chi connectivity index (χ4n) is 2.72. The van der Waals surface area contributed by atoms with Gasteiger partial charge in [-0.05, 0) is 29.3 Å². The standard InChI is InChI=1S/C19H18N6S/c1-14-8-6-7-11-17(14)25-19(26-13-15-9-4-3-5-10-15)16(12-20-25)18-21-23-24(2)22-18/h3-12H,13H2,1-2H3. The molecular weight excluding hydrogens is 344 g/mol. The SMILES string of the molecule is Cc1ccccc1-n1ncc(-c2nnn(C)n2)c1SCc1ccccc1. The molecule has 0 aliphatic heterocycles. The molecule has 0 N–H and O–H groups in total. The van der Waals surface area contributed by atoms with Crippen LogP contribution in [0, 0.1) is 6.92 Å². The first-order valence-corrected chi connectivity index (χ1v) is 9.26. The third kappa shape index (κ3) is 3.25. The van der Waals surface area contributed by atoms with Crippen molar-refractivity contribution in [3.05, 3.63) is 71.9 Å². The average Bonchev–Trinajstić information content (AvgIpc) is 3.27. The summed E-state index contributed by atoms with van der Waals surface area (Å²) in [6.07, 6.45) is 1.82. The highest BCUT2D eigenvalue weighted by Gasteiger charge is 2.19. The fraction of sp³-hybridized carbons (Fsp3) is 0.158. The summed E-state index contributed by atoms with van der Waals surface area (Å²) in [5.41, 5.74) is 4.37. The molecule has 130 valence electrons. The molecule has 2 aromatic heterocycles. The minimum Gasteiger partial charge on any atom is -0.226 e. The third-order valence-corrected chi connectivity index (χ3v) is 5.18. The van der Waals surface area contributed by atoms with Gasteiger partial charge in [0, 0.05) is 5.75 Å². The van der Waals surface area contributed by atoms with Crippen LogP contribution >= 0.6 is 11.8 Å². The molecule has 0 amide bonds. The lowest BCUT2D eigenvalue weighted by molar-refractivity contribution is 0.630. The van der Waals surface area contributed by atoms with Gasteiger partial charge in [0.25, 0.3) is 0 Å². The molecule has 2 aromatic carbocycles. The van der Waals surface area contributed by atoms with Crippen LogP contribution in [0.25, 0.3) is 17.1 Å². The van der Waals surface area contributed by atoms with E-state index in [2.05, 4.69) is 63.8 Å². The Morgan fingerprint density at radius 3 is 2.50 bits per heavy atom. The lowest BCUT2D eigenvalue weighted by Crippen LogP contribution is -2.01. The monoisotopic (exact) mass is 362 g/mol. The molecule has 0 aliphatic rings. The summed E-state index contributed by atoms with van der Waals surface area (Å²) in [5, 5.41) is 18.1. The van der Waals surface area contributed by atoms with Crippen LogP contribution in [0.3, 0.4) is 0 Å². The van der Waals surface area contributed by atoms with Crippen LogP contribution in [0.5, 0.6) is 0 Å². The van der Waals surface area contributed by atoms with E-state index < -0.39 is 0 Å². The van der Waals surface area contributed by atoms with Crippen molar-refractivity contribution in [3.8, 4) is 17.1 Å². The van der Waals surface area contributed by atoms with Crippen molar-refractivity contribution in [2.24, 2.45) is 7.05 Å². The number of thioether (sulfide) groups is 1. The summed E-state index contributed by atoms with van der Waals surface area (Å²) in [6.45, 7) is 2.09. The average molecular weight is 362 g/mol. The molecule has 0 aliphatic carbocycles. The quantitative estimate of drug-likeness (QED) is 0.507. The van der Waals surface area contributed by atoms with E-state index in [1.807, 2.05) is 29.1 Å². The van der Waals surface area contributed by atoms with Gasteiger partial charge in [0.1, 0.15) is 5.03 Å². The van der Waals surface area contributed by atoms with Gasteiger partial charge in [-0.3, -0.25) is 0 Å². The van der Waals surface area contributed by atoms with Gasteiger partial charge in [0.05, 0.1) is 24.5 Å². The van der Waals surface area contributed by atoms with Gasteiger partial charge in [-0.2, -0.15) is 9.90 Å². The van der Waals surface area contributed by atoms with E-state index in [0.717, 1.165) is 27.6 Å². The Labute approximate surface area is 155 Å². The summed E-state index contributed by atoms with van der Waals surface area (Å²) in [7, 11) is 1.76. The molecule has 0 bridgehead atoms. The molecule has 2 heterocycles. The smallest absolute Gasteiger partial charge is 0.209 e. The molecule has 7 heteroatoms. The van der Waals surface area contributed by atoms with E-state index in [9.17, 15) is 0 Å². The maximum Gasteiger partial charge on any atom is 0.209 e. The van der Waals surface area contributed by atoms with E-state index in [-0.39, 0.29) is 0 Å². The predicted molar refractivity (Wildman–Crippen MR) is 102 cm³/mol. The maximum atomic E-state index is 4.62. The van der Waals surface area contributed by atoms with Crippen LogP contribution in [-0.4, -0.2) is 30.0 Å².